The first kappa shape index (κ1) is 14.4. The number of rotatable bonds is 8. The lowest BCUT2D eigenvalue weighted by molar-refractivity contribution is 0.512. The monoisotopic (exact) mass is 243 g/mol. The molecule has 1 N–H and O–H groups in total. The van der Waals surface area contributed by atoms with Gasteiger partial charge in [-0.1, -0.05) is 26.7 Å². The van der Waals surface area contributed by atoms with E-state index in [2.05, 4.69) is 37.8 Å². The summed E-state index contributed by atoms with van der Waals surface area (Å²) in [5.74, 6) is 2.44. The van der Waals surface area contributed by atoms with E-state index >= 15 is 0 Å². The maximum atomic E-state index is 3.58. The largest absolute Gasteiger partial charge is 0.314 e. The smallest absolute Gasteiger partial charge is 0.00491 e. The van der Waals surface area contributed by atoms with E-state index in [0.717, 1.165) is 11.2 Å². The fourth-order valence-electron chi connectivity index (χ4n) is 2.52. The van der Waals surface area contributed by atoms with Crippen LogP contribution in [-0.2, 0) is 0 Å². The van der Waals surface area contributed by atoms with Gasteiger partial charge in [-0.25, -0.2) is 0 Å². The van der Waals surface area contributed by atoms with Crippen molar-refractivity contribution >= 4 is 11.8 Å². The maximum Gasteiger partial charge on any atom is 0.00491 e. The van der Waals surface area contributed by atoms with Crippen molar-refractivity contribution in [1.29, 1.82) is 0 Å². The van der Waals surface area contributed by atoms with Crippen molar-refractivity contribution in [3.63, 3.8) is 0 Å². The standard InChI is InChI=1S/C14H29NS/c1-4-9-15-12(2)10-13(3)16-11-14-7-5-6-8-14/h12-15H,4-11H2,1-3H3. The van der Waals surface area contributed by atoms with Gasteiger partial charge in [-0.15, -0.1) is 0 Å². The highest BCUT2D eigenvalue weighted by molar-refractivity contribution is 7.99. The van der Waals surface area contributed by atoms with Crippen molar-refractivity contribution in [1.82, 2.24) is 5.32 Å². The Balaban J connectivity index is 2.02. The lowest BCUT2D eigenvalue weighted by atomic mass is 10.1. The fraction of sp³-hybridized carbons (Fsp3) is 1.00. The van der Waals surface area contributed by atoms with Gasteiger partial charge in [0.2, 0.25) is 0 Å². The number of hydrogen-bond acceptors (Lipinski definition) is 2. The summed E-state index contributed by atoms with van der Waals surface area (Å²) in [6.45, 7) is 8.12. The Morgan fingerprint density at radius 3 is 2.56 bits per heavy atom. The van der Waals surface area contributed by atoms with Crippen LogP contribution in [0.2, 0.25) is 0 Å². The molecule has 0 saturated heterocycles. The van der Waals surface area contributed by atoms with Crippen molar-refractivity contribution in [3.8, 4) is 0 Å². The van der Waals surface area contributed by atoms with Crippen LogP contribution in [0.3, 0.4) is 0 Å². The van der Waals surface area contributed by atoms with E-state index in [0.29, 0.717) is 6.04 Å². The second-order valence-electron chi connectivity index (χ2n) is 5.39. The number of nitrogens with one attached hydrogen (secondary N) is 1. The molecule has 0 bridgehead atoms. The highest BCUT2D eigenvalue weighted by Gasteiger charge is 2.16. The molecule has 0 amide bonds. The van der Waals surface area contributed by atoms with Gasteiger partial charge in [-0.2, -0.15) is 11.8 Å². The summed E-state index contributed by atoms with van der Waals surface area (Å²) >= 11 is 2.20. The quantitative estimate of drug-likeness (QED) is 0.689. The molecule has 1 saturated carbocycles. The van der Waals surface area contributed by atoms with E-state index in [-0.39, 0.29) is 0 Å². The summed E-state index contributed by atoms with van der Waals surface area (Å²) < 4.78 is 0. The summed E-state index contributed by atoms with van der Waals surface area (Å²) in [7, 11) is 0. The van der Waals surface area contributed by atoms with Crippen molar-refractivity contribution in [3.05, 3.63) is 0 Å². The minimum atomic E-state index is 0.686. The third kappa shape index (κ3) is 6.15. The minimum absolute atomic E-state index is 0.686. The second-order valence-corrected chi connectivity index (χ2v) is 6.86. The molecule has 0 aliphatic heterocycles. The lowest BCUT2D eigenvalue weighted by Gasteiger charge is -2.19. The average Bonchev–Trinajstić information content (AvgIpc) is 2.76. The van der Waals surface area contributed by atoms with Crippen LogP contribution in [0.25, 0.3) is 0 Å². The molecular weight excluding hydrogens is 214 g/mol. The van der Waals surface area contributed by atoms with Gasteiger partial charge in [0.05, 0.1) is 0 Å². The van der Waals surface area contributed by atoms with Gasteiger partial charge in [-0.05, 0) is 50.8 Å². The van der Waals surface area contributed by atoms with Crippen LogP contribution in [0.1, 0.15) is 59.3 Å². The van der Waals surface area contributed by atoms with Crippen LogP contribution in [0.5, 0.6) is 0 Å². The molecule has 1 nitrogen and oxygen atoms in total. The van der Waals surface area contributed by atoms with Crippen LogP contribution in [0.4, 0.5) is 0 Å². The summed E-state index contributed by atoms with van der Waals surface area (Å²) in [5, 5.41) is 4.40. The minimum Gasteiger partial charge on any atom is -0.314 e. The molecule has 16 heavy (non-hydrogen) atoms. The third-order valence-electron chi connectivity index (χ3n) is 3.52. The first-order chi connectivity index (χ1) is 7.72. The predicted molar refractivity (Wildman–Crippen MR) is 76.3 cm³/mol. The Hall–Kier alpha value is 0.310. The third-order valence-corrected chi connectivity index (χ3v) is 4.94. The molecule has 0 spiro atoms. The molecule has 1 rings (SSSR count). The van der Waals surface area contributed by atoms with E-state index in [9.17, 15) is 0 Å². The molecule has 2 heteroatoms. The zero-order chi connectivity index (χ0) is 11.8. The molecule has 0 aromatic heterocycles. The normalized spacial score (nSPS) is 21.2. The molecule has 96 valence electrons. The van der Waals surface area contributed by atoms with Crippen LogP contribution >= 0.6 is 11.8 Å². The van der Waals surface area contributed by atoms with E-state index in [4.69, 9.17) is 0 Å². The van der Waals surface area contributed by atoms with E-state index < -0.39 is 0 Å². The maximum absolute atomic E-state index is 3.58. The Morgan fingerprint density at radius 2 is 1.94 bits per heavy atom. The van der Waals surface area contributed by atoms with E-state index in [1.165, 1.54) is 50.8 Å². The molecular formula is C14H29NS. The number of thioether (sulfide) groups is 1. The Labute approximate surface area is 106 Å². The molecule has 2 atom stereocenters. The van der Waals surface area contributed by atoms with Gasteiger partial charge in [0.25, 0.3) is 0 Å². The van der Waals surface area contributed by atoms with Crippen molar-refractivity contribution in [2.45, 2.75) is 70.6 Å². The van der Waals surface area contributed by atoms with Gasteiger partial charge in [-0.3, -0.25) is 0 Å². The Morgan fingerprint density at radius 1 is 1.25 bits per heavy atom. The Kier molecular flexibility index (Phi) is 7.55. The van der Waals surface area contributed by atoms with Gasteiger partial charge in [0.15, 0.2) is 0 Å². The fourth-order valence-corrected chi connectivity index (χ4v) is 3.88. The molecule has 0 aromatic rings. The highest BCUT2D eigenvalue weighted by Crippen LogP contribution is 2.30. The average molecular weight is 243 g/mol. The summed E-state index contributed by atoms with van der Waals surface area (Å²) in [6, 6.07) is 0.686. The molecule has 0 radical (unpaired) electrons. The summed E-state index contributed by atoms with van der Waals surface area (Å²) in [4.78, 5) is 0. The zero-order valence-corrected chi connectivity index (χ0v) is 12.1. The van der Waals surface area contributed by atoms with Gasteiger partial charge < -0.3 is 5.32 Å². The second kappa shape index (κ2) is 8.41. The van der Waals surface area contributed by atoms with Crippen LogP contribution in [-0.4, -0.2) is 23.6 Å². The first-order valence-corrected chi connectivity index (χ1v) is 8.12. The molecule has 0 heterocycles. The Bertz CT molecular complexity index is 166. The lowest BCUT2D eigenvalue weighted by Crippen LogP contribution is -2.29. The van der Waals surface area contributed by atoms with Crippen LogP contribution in [0, 0.1) is 5.92 Å². The highest BCUT2D eigenvalue weighted by atomic mass is 32.2. The summed E-state index contributed by atoms with van der Waals surface area (Å²) in [5.41, 5.74) is 0. The first-order valence-electron chi connectivity index (χ1n) is 7.07. The van der Waals surface area contributed by atoms with Crippen molar-refractivity contribution in [2.24, 2.45) is 5.92 Å². The van der Waals surface area contributed by atoms with Gasteiger partial charge >= 0.3 is 0 Å². The van der Waals surface area contributed by atoms with Gasteiger partial charge in [0, 0.05) is 11.3 Å². The molecule has 2 unspecified atom stereocenters. The number of hydrogen-bond donors (Lipinski definition) is 1. The topological polar surface area (TPSA) is 12.0 Å². The van der Waals surface area contributed by atoms with Crippen LogP contribution in [0.15, 0.2) is 0 Å². The predicted octanol–water partition coefficient (Wildman–Crippen LogP) is 4.08. The SMILES string of the molecule is CCCNC(C)CC(C)SCC1CCCC1. The summed E-state index contributed by atoms with van der Waals surface area (Å²) in [6.07, 6.45) is 8.50. The zero-order valence-electron chi connectivity index (χ0n) is 11.3. The molecule has 0 aromatic carbocycles. The van der Waals surface area contributed by atoms with Crippen molar-refractivity contribution in [2.75, 3.05) is 12.3 Å². The van der Waals surface area contributed by atoms with E-state index in [1.54, 1.807) is 0 Å². The molecule has 1 aliphatic carbocycles. The van der Waals surface area contributed by atoms with Crippen LogP contribution < -0.4 is 5.32 Å². The van der Waals surface area contributed by atoms with E-state index in [1.807, 2.05) is 0 Å². The van der Waals surface area contributed by atoms with Crippen molar-refractivity contribution < 1.29 is 0 Å². The van der Waals surface area contributed by atoms with Gasteiger partial charge in [0.1, 0.15) is 0 Å². The molecule has 1 aliphatic rings. The molecule has 1 fully saturated rings.